The Kier molecular flexibility index (Phi) is 4.42. The Hall–Kier alpha value is -2.57. The number of nitrogens with zero attached hydrogens (tertiary/aromatic N) is 3. The molecular weight excluding hydrogens is 306 g/mol. The van der Waals surface area contributed by atoms with Crippen LogP contribution in [0.4, 0.5) is 10.5 Å². The van der Waals surface area contributed by atoms with Crippen LogP contribution in [0.5, 0.6) is 0 Å². The van der Waals surface area contributed by atoms with Crippen molar-refractivity contribution in [1.29, 1.82) is 0 Å². The van der Waals surface area contributed by atoms with Crippen LogP contribution in [0.3, 0.4) is 0 Å². The fourth-order valence-electron chi connectivity index (χ4n) is 2.50. The topological polar surface area (TPSA) is 83.3 Å². The molecule has 1 aliphatic heterocycles. The van der Waals surface area contributed by atoms with E-state index in [4.69, 9.17) is 4.52 Å². The molecular formula is C17H23N5O2. The van der Waals surface area contributed by atoms with E-state index in [1.165, 1.54) is 0 Å². The third-order valence-electron chi connectivity index (χ3n) is 3.89. The van der Waals surface area contributed by atoms with Crippen molar-refractivity contribution in [1.82, 2.24) is 20.4 Å². The molecule has 24 heavy (non-hydrogen) atoms. The van der Waals surface area contributed by atoms with Gasteiger partial charge in [-0.3, -0.25) is 0 Å². The van der Waals surface area contributed by atoms with Gasteiger partial charge in [-0.2, -0.15) is 4.98 Å². The Morgan fingerprint density at radius 2 is 2.12 bits per heavy atom. The number of rotatable bonds is 5. The Morgan fingerprint density at radius 3 is 2.79 bits per heavy atom. The number of carbonyl (C=O) groups is 1. The molecule has 0 atom stereocenters. The summed E-state index contributed by atoms with van der Waals surface area (Å²) in [6.07, 6.45) is 0. The van der Waals surface area contributed by atoms with Crippen molar-refractivity contribution in [2.75, 3.05) is 18.4 Å². The van der Waals surface area contributed by atoms with E-state index in [2.05, 4.69) is 20.8 Å². The second-order valence-corrected chi connectivity index (χ2v) is 6.93. The zero-order valence-electron chi connectivity index (χ0n) is 14.3. The number of nitrogens with one attached hydrogen (secondary N) is 2. The van der Waals surface area contributed by atoms with Crippen molar-refractivity contribution < 1.29 is 9.32 Å². The fraction of sp³-hybridized carbons (Fsp3) is 0.471. The van der Waals surface area contributed by atoms with Gasteiger partial charge in [0, 0.05) is 30.7 Å². The first-order valence-electron chi connectivity index (χ1n) is 8.11. The van der Waals surface area contributed by atoms with Crippen LogP contribution in [0.2, 0.25) is 0 Å². The highest BCUT2D eigenvalue weighted by Gasteiger charge is 2.22. The van der Waals surface area contributed by atoms with E-state index < -0.39 is 0 Å². The maximum atomic E-state index is 11.7. The molecule has 2 aromatic rings. The van der Waals surface area contributed by atoms with Crippen molar-refractivity contribution in [3.8, 4) is 0 Å². The van der Waals surface area contributed by atoms with Gasteiger partial charge in [0.25, 0.3) is 0 Å². The van der Waals surface area contributed by atoms with Crippen LogP contribution in [-0.2, 0) is 18.5 Å². The summed E-state index contributed by atoms with van der Waals surface area (Å²) in [7, 11) is 0. The Labute approximate surface area is 141 Å². The highest BCUT2D eigenvalue weighted by molar-refractivity contribution is 5.76. The summed E-state index contributed by atoms with van der Waals surface area (Å²) >= 11 is 0. The average Bonchev–Trinajstić information content (AvgIpc) is 3.16. The van der Waals surface area contributed by atoms with Crippen LogP contribution in [0, 0.1) is 0 Å². The number of para-hydroxylation sites is 1. The summed E-state index contributed by atoms with van der Waals surface area (Å²) in [5.41, 5.74) is 1.89. The maximum Gasteiger partial charge on any atom is 0.317 e. The molecule has 2 heterocycles. The highest BCUT2D eigenvalue weighted by Crippen LogP contribution is 2.21. The predicted octanol–water partition coefficient (Wildman–Crippen LogP) is 2.50. The smallest absolute Gasteiger partial charge is 0.317 e. The van der Waals surface area contributed by atoms with Crippen molar-refractivity contribution in [3.05, 3.63) is 41.5 Å². The lowest BCUT2D eigenvalue weighted by molar-refractivity contribution is 0.215. The van der Waals surface area contributed by atoms with Crippen LogP contribution < -0.4 is 10.6 Å². The number of benzene rings is 1. The molecule has 1 aromatic heterocycles. The van der Waals surface area contributed by atoms with Crippen LogP contribution in [0.15, 0.2) is 28.8 Å². The quantitative estimate of drug-likeness (QED) is 0.880. The minimum Gasteiger partial charge on any atom is -0.376 e. The highest BCUT2D eigenvalue weighted by atomic mass is 16.5. The number of carbonyl (C=O) groups excluding carboxylic acids is 1. The summed E-state index contributed by atoms with van der Waals surface area (Å²) < 4.78 is 5.31. The van der Waals surface area contributed by atoms with Crippen LogP contribution in [-0.4, -0.2) is 34.2 Å². The monoisotopic (exact) mass is 329 g/mol. The predicted molar refractivity (Wildman–Crippen MR) is 90.6 cm³/mol. The maximum absolute atomic E-state index is 11.7. The zero-order chi connectivity index (χ0) is 17.2. The molecule has 1 saturated heterocycles. The van der Waals surface area contributed by atoms with E-state index in [9.17, 15) is 4.79 Å². The van der Waals surface area contributed by atoms with Gasteiger partial charge in [-0.15, -0.1) is 0 Å². The van der Waals surface area contributed by atoms with E-state index >= 15 is 0 Å². The lowest BCUT2D eigenvalue weighted by atomic mass is 9.96. The molecule has 7 heteroatoms. The molecule has 3 rings (SSSR count). The van der Waals surface area contributed by atoms with E-state index in [0.717, 1.165) is 17.8 Å². The van der Waals surface area contributed by atoms with Gasteiger partial charge in [0.05, 0.1) is 6.54 Å². The number of aromatic nitrogens is 2. The minimum atomic E-state index is -0.136. The van der Waals surface area contributed by atoms with Crippen LogP contribution in [0.25, 0.3) is 0 Å². The molecule has 0 saturated carbocycles. The molecule has 7 nitrogen and oxygen atoms in total. The summed E-state index contributed by atoms with van der Waals surface area (Å²) in [6.45, 7) is 8.60. The molecule has 0 radical (unpaired) electrons. The first-order valence-corrected chi connectivity index (χ1v) is 8.11. The minimum absolute atomic E-state index is 0.0171. The van der Waals surface area contributed by atoms with E-state index in [1.807, 2.05) is 45.0 Å². The number of urea groups is 1. The first kappa shape index (κ1) is 16.3. The van der Waals surface area contributed by atoms with Gasteiger partial charge >= 0.3 is 6.03 Å². The van der Waals surface area contributed by atoms with Crippen molar-refractivity contribution in [2.45, 2.75) is 39.3 Å². The average molecular weight is 329 g/mol. The van der Waals surface area contributed by atoms with Gasteiger partial charge in [-0.05, 0) is 11.6 Å². The van der Waals surface area contributed by atoms with Crippen molar-refractivity contribution >= 4 is 11.7 Å². The number of anilines is 1. The largest absolute Gasteiger partial charge is 0.376 e. The molecule has 0 unspecified atom stereocenters. The summed E-state index contributed by atoms with van der Waals surface area (Å²) in [5.74, 6) is 1.25. The lowest BCUT2D eigenvalue weighted by Crippen LogP contribution is -2.27. The molecule has 0 bridgehead atoms. The van der Waals surface area contributed by atoms with E-state index in [-0.39, 0.29) is 11.4 Å². The normalized spacial score (nSPS) is 14.8. The van der Waals surface area contributed by atoms with Gasteiger partial charge < -0.3 is 20.1 Å². The van der Waals surface area contributed by atoms with Crippen molar-refractivity contribution in [3.63, 3.8) is 0 Å². The van der Waals surface area contributed by atoms with Gasteiger partial charge in [0.15, 0.2) is 5.82 Å². The van der Waals surface area contributed by atoms with Gasteiger partial charge in [0.1, 0.15) is 0 Å². The van der Waals surface area contributed by atoms with E-state index in [1.54, 1.807) is 4.90 Å². The second-order valence-electron chi connectivity index (χ2n) is 6.93. The zero-order valence-corrected chi connectivity index (χ0v) is 14.3. The molecule has 1 aromatic carbocycles. The summed E-state index contributed by atoms with van der Waals surface area (Å²) in [6, 6.07) is 7.92. The molecule has 2 amide bonds. The van der Waals surface area contributed by atoms with Crippen LogP contribution in [0.1, 0.15) is 38.0 Å². The number of hydrogen-bond donors (Lipinski definition) is 2. The second kappa shape index (κ2) is 6.51. The van der Waals surface area contributed by atoms with Crippen molar-refractivity contribution in [2.24, 2.45) is 0 Å². The molecule has 1 fully saturated rings. The third-order valence-corrected chi connectivity index (χ3v) is 3.89. The van der Waals surface area contributed by atoms with Gasteiger partial charge in [-0.1, -0.05) is 44.1 Å². The first-order chi connectivity index (χ1) is 11.4. The number of amides is 2. The van der Waals surface area contributed by atoms with Gasteiger partial charge in [0.2, 0.25) is 5.89 Å². The van der Waals surface area contributed by atoms with E-state index in [0.29, 0.717) is 31.3 Å². The molecule has 128 valence electrons. The van der Waals surface area contributed by atoms with Gasteiger partial charge in [-0.25, -0.2) is 4.79 Å². The standard InChI is InChI=1S/C17H23N5O2/c1-17(2,3)15-20-14(24-21-15)10-19-13-7-5-4-6-12(13)11-22-9-8-18-16(22)23/h4-7,19H,8-11H2,1-3H3,(H,18,23). The summed E-state index contributed by atoms with van der Waals surface area (Å²) in [4.78, 5) is 18.0. The Bertz CT molecular complexity index is 720. The lowest BCUT2D eigenvalue weighted by Gasteiger charge is -2.17. The Morgan fingerprint density at radius 1 is 1.33 bits per heavy atom. The summed E-state index contributed by atoms with van der Waals surface area (Å²) in [5, 5.41) is 10.2. The third kappa shape index (κ3) is 3.67. The molecule has 0 spiro atoms. The molecule has 2 N–H and O–H groups in total. The Balaban J connectivity index is 1.67. The number of hydrogen-bond acceptors (Lipinski definition) is 5. The fourth-order valence-corrected chi connectivity index (χ4v) is 2.50. The molecule has 0 aliphatic carbocycles. The molecule has 1 aliphatic rings. The SMILES string of the molecule is CC(C)(C)c1noc(CNc2ccccc2CN2CCNC2=O)n1. The van der Waals surface area contributed by atoms with Crippen LogP contribution >= 0.6 is 0 Å².